The van der Waals surface area contributed by atoms with E-state index in [1.807, 2.05) is 13.8 Å². The van der Waals surface area contributed by atoms with Crippen LogP contribution in [0.2, 0.25) is 0 Å². The number of hydrazone groups is 1. The maximum absolute atomic E-state index is 12.2. The van der Waals surface area contributed by atoms with Crippen molar-refractivity contribution in [2.24, 2.45) is 5.10 Å². The Balaban J connectivity index is 2.14. The van der Waals surface area contributed by atoms with Crippen LogP contribution in [0.1, 0.15) is 16.7 Å². The molecule has 0 atom stereocenters. The average Bonchev–Trinajstić information content (AvgIpc) is 2.67. The zero-order valence-corrected chi connectivity index (χ0v) is 17.8. The lowest BCUT2D eigenvalue weighted by molar-refractivity contribution is -0.385. The summed E-state index contributed by atoms with van der Waals surface area (Å²) in [5.74, 6) is -0.573. The van der Waals surface area contributed by atoms with Crippen LogP contribution in [0.4, 0.5) is 11.4 Å². The smallest absolute Gasteiger partial charge is 0.311 e. The Morgan fingerprint density at radius 1 is 1.23 bits per heavy atom. The molecular formula is C19H22N4O6S. The molecule has 0 saturated heterocycles. The van der Waals surface area contributed by atoms with E-state index in [4.69, 9.17) is 4.74 Å². The van der Waals surface area contributed by atoms with Crippen molar-refractivity contribution in [1.29, 1.82) is 0 Å². The van der Waals surface area contributed by atoms with Crippen LogP contribution >= 0.6 is 0 Å². The van der Waals surface area contributed by atoms with E-state index in [-0.39, 0.29) is 11.4 Å². The summed E-state index contributed by atoms with van der Waals surface area (Å²) in [5, 5.41) is 14.8. The summed E-state index contributed by atoms with van der Waals surface area (Å²) in [6.45, 7) is 3.27. The molecule has 2 aromatic rings. The fraction of sp³-hybridized carbons (Fsp3) is 0.263. The molecule has 0 aliphatic rings. The number of methoxy groups -OCH3 is 1. The molecule has 0 aromatic heterocycles. The summed E-state index contributed by atoms with van der Waals surface area (Å²) < 4.78 is 30.2. The normalized spacial score (nSPS) is 11.3. The van der Waals surface area contributed by atoms with Crippen molar-refractivity contribution >= 4 is 33.5 Å². The summed E-state index contributed by atoms with van der Waals surface area (Å²) in [4.78, 5) is 22.7. The van der Waals surface area contributed by atoms with Gasteiger partial charge in [0.05, 0.1) is 30.2 Å². The summed E-state index contributed by atoms with van der Waals surface area (Å²) >= 11 is 0. The predicted octanol–water partition coefficient (Wildman–Crippen LogP) is 2.14. The van der Waals surface area contributed by atoms with Gasteiger partial charge in [-0.3, -0.25) is 19.2 Å². The highest BCUT2D eigenvalue weighted by atomic mass is 32.2. The molecule has 0 radical (unpaired) electrons. The van der Waals surface area contributed by atoms with Gasteiger partial charge in [-0.2, -0.15) is 5.10 Å². The molecular weight excluding hydrogens is 412 g/mol. The number of rotatable bonds is 8. The highest BCUT2D eigenvalue weighted by Crippen LogP contribution is 2.26. The fourth-order valence-electron chi connectivity index (χ4n) is 2.56. The number of ether oxygens (including phenoxy) is 1. The number of hydrogen-bond donors (Lipinski definition) is 1. The van der Waals surface area contributed by atoms with Crippen molar-refractivity contribution in [2.75, 3.05) is 24.2 Å². The number of hydrogen-bond acceptors (Lipinski definition) is 7. The third-order valence-electron chi connectivity index (χ3n) is 4.27. The molecule has 1 amide bonds. The molecule has 0 bridgehead atoms. The highest BCUT2D eigenvalue weighted by Gasteiger charge is 2.21. The Bertz CT molecular complexity index is 1100. The molecule has 2 rings (SSSR count). The van der Waals surface area contributed by atoms with Crippen LogP contribution < -0.4 is 14.5 Å². The van der Waals surface area contributed by atoms with Crippen LogP contribution in [0, 0.1) is 24.0 Å². The van der Waals surface area contributed by atoms with E-state index >= 15 is 0 Å². The minimum Gasteiger partial charge on any atom is -0.490 e. The molecule has 30 heavy (non-hydrogen) atoms. The lowest BCUT2D eigenvalue weighted by atomic mass is 10.1. The number of nitrogens with one attached hydrogen (secondary N) is 1. The van der Waals surface area contributed by atoms with Gasteiger partial charge in [-0.05, 0) is 49.2 Å². The van der Waals surface area contributed by atoms with E-state index in [1.165, 1.54) is 31.5 Å². The van der Waals surface area contributed by atoms with Crippen LogP contribution in [0.3, 0.4) is 0 Å². The number of carbonyl (C=O) groups excluding carboxylic acids is 1. The van der Waals surface area contributed by atoms with Crippen LogP contribution in [0.15, 0.2) is 41.5 Å². The molecule has 1 N–H and O–H groups in total. The first-order valence-electron chi connectivity index (χ1n) is 8.72. The molecule has 0 unspecified atom stereocenters. The van der Waals surface area contributed by atoms with E-state index in [2.05, 4.69) is 10.5 Å². The van der Waals surface area contributed by atoms with Gasteiger partial charge in [-0.15, -0.1) is 0 Å². The number of nitrogens with zero attached hydrogens (tertiary/aromatic N) is 3. The Kier molecular flexibility index (Phi) is 7.11. The molecule has 0 spiro atoms. The van der Waals surface area contributed by atoms with E-state index in [0.29, 0.717) is 11.3 Å². The van der Waals surface area contributed by atoms with Crippen LogP contribution in [0.25, 0.3) is 0 Å². The number of anilines is 1. The van der Waals surface area contributed by atoms with Gasteiger partial charge in [-0.25, -0.2) is 13.8 Å². The number of benzene rings is 2. The van der Waals surface area contributed by atoms with Gasteiger partial charge in [-0.1, -0.05) is 6.07 Å². The Morgan fingerprint density at radius 2 is 1.93 bits per heavy atom. The number of amides is 1. The van der Waals surface area contributed by atoms with Crippen molar-refractivity contribution in [1.82, 2.24) is 5.43 Å². The van der Waals surface area contributed by atoms with Crippen LogP contribution in [-0.4, -0.2) is 45.4 Å². The minimum absolute atomic E-state index is 0.0957. The van der Waals surface area contributed by atoms with Gasteiger partial charge in [0.25, 0.3) is 5.91 Å². The molecule has 2 aromatic carbocycles. The molecule has 10 nitrogen and oxygen atoms in total. The minimum atomic E-state index is -3.71. The van der Waals surface area contributed by atoms with Gasteiger partial charge in [0.15, 0.2) is 5.75 Å². The molecule has 11 heteroatoms. The molecule has 0 aliphatic carbocycles. The van der Waals surface area contributed by atoms with E-state index in [1.54, 1.807) is 18.2 Å². The number of carbonyl (C=O) groups is 1. The molecule has 0 fully saturated rings. The van der Waals surface area contributed by atoms with Crippen molar-refractivity contribution < 1.29 is 22.9 Å². The maximum atomic E-state index is 12.2. The first-order valence-corrected chi connectivity index (χ1v) is 10.6. The second kappa shape index (κ2) is 9.35. The van der Waals surface area contributed by atoms with E-state index < -0.39 is 27.4 Å². The summed E-state index contributed by atoms with van der Waals surface area (Å²) in [5.41, 5.74) is 4.59. The van der Waals surface area contributed by atoms with Crippen molar-refractivity contribution in [3.8, 4) is 5.75 Å². The van der Waals surface area contributed by atoms with Gasteiger partial charge in [0.1, 0.15) is 6.54 Å². The third kappa shape index (κ3) is 5.77. The number of aryl methyl sites for hydroxylation is 2. The summed E-state index contributed by atoms with van der Waals surface area (Å²) in [6, 6.07) is 9.26. The second-order valence-electron chi connectivity index (χ2n) is 6.52. The van der Waals surface area contributed by atoms with Crippen molar-refractivity contribution in [2.45, 2.75) is 13.8 Å². The fourth-order valence-corrected chi connectivity index (χ4v) is 3.40. The molecule has 160 valence electrons. The van der Waals surface area contributed by atoms with Crippen molar-refractivity contribution in [3.05, 3.63) is 63.2 Å². The molecule has 0 aliphatic heterocycles. The Morgan fingerprint density at radius 3 is 2.50 bits per heavy atom. The topological polar surface area (TPSA) is 131 Å². The lowest BCUT2D eigenvalue weighted by Gasteiger charge is -2.22. The zero-order valence-electron chi connectivity index (χ0n) is 16.9. The van der Waals surface area contributed by atoms with Crippen LogP contribution in [0.5, 0.6) is 5.75 Å². The molecule has 0 heterocycles. The Hall–Kier alpha value is -3.47. The summed E-state index contributed by atoms with van der Waals surface area (Å²) in [7, 11) is -2.39. The predicted molar refractivity (Wildman–Crippen MR) is 113 cm³/mol. The maximum Gasteiger partial charge on any atom is 0.311 e. The summed E-state index contributed by atoms with van der Waals surface area (Å²) in [6.07, 6.45) is 2.22. The van der Waals surface area contributed by atoms with E-state index in [0.717, 1.165) is 21.7 Å². The first kappa shape index (κ1) is 22.8. The van der Waals surface area contributed by atoms with Gasteiger partial charge >= 0.3 is 5.69 Å². The highest BCUT2D eigenvalue weighted by molar-refractivity contribution is 7.92. The third-order valence-corrected chi connectivity index (χ3v) is 5.41. The first-order chi connectivity index (χ1) is 14.0. The Labute approximate surface area is 174 Å². The molecule has 0 saturated carbocycles. The largest absolute Gasteiger partial charge is 0.490 e. The van der Waals surface area contributed by atoms with Gasteiger partial charge in [0.2, 0.25) is 10.0 Å². The van der Waals surface area contributed by atoms with Gasteiger partial charge in [0, 0.05) is 11.6 Å². The van der Waals surface area contributed by atoms with Crippen molar-refractivity contribution in [3.63, 3.8) is 0 Å². The second-order valence-corrected chi connectivity index (χ2v) is 8.43. The lowest BCUT2D eigenvalue weighted by Crippen LogP contribution is -2.39. The number of nitro benzene ring substituents is 1. The van der Waals surface area contributed by atoms with Gasteiger partial charge < -0.3 is 4.74 Å². The standard InChI is InChI=1S/C19H22N4O6S/c1-13-5-7-16(9-14(13)2)22(30(4,27)28)12-19(24)21-20-11-15-6-8-18(29-3)17(10-15)23(25)26/h5-11H,12H2,1-4H3,(H,21,24)/b20-11-. The number of sulfonamides is 1. The average molecular weight is 434 g/mol. The quantitative estimate of drug-likeness (QED) is 0.385. The number of nitro groups is 1. The zero-order chi connectivity index (χ0) is 22.5. The SMILES string of the molecule is COc1ccc(/C=N\NC(=O)CN(c2ccc(C)c(C)c2)S(C)(=O)=O)cc1[N+](=O)[O-]. The van der Waals surface area contributed by atoms with E-state index in [9.17, 15) is 23.3 Å². The monoisotopic (exact) mass is 434 g/mol. The van der Waals surface area contributed by atoms with Crippen LogP contribution in [-0.2, 0) is 14.8 Å².